The summed E-state index contributed by atoms with van der Waals surface area (Å²) in [6.45, 7) is -0.339. The number of aliphatic carboxylic acids is 1. The first-order chi connectivity index (χ1) is 8.04. The smallest absolute Gasteiger partial charge is 0.322 e. The van der Waals surface area contributed by atoms with Crippen LogP contribution in [0.1, 0.15) is 18.4 Å². The quantitative estimate of drug-likeness (QED) is 0.856. The third-order valence-corrected chi connectivity index (χ3v) is 3.23. The Morgan fingerprint density at radius 3 is 2.35 bits per heavy atom. The molecule has 1 aliphatic rings. The summed E-state index contributed by atoms with van der Waals surface area (Å²) in [6.07, 6.45) is 1.50. The van der Waals surface area contributed by atoms with E-state index >= 15 is 0 Å². The van der Waals surface area contributed by atoms with Gasteiger partial charge >= 0.3 is 5.97 Å². The first-order valence-electron chi connectivity index (χ1n) is 5.31. The Balaban J connectivity index is 2.11. The number of carbonyl (C=O) groups excluding carboxylic acids is 1. The average molecular weight is 254 g/mol. The fourth-order valence-electron chi connectivity index (χ4n) is 1.87. The summed E-state index contributed by atoms with van der Waals surface area (Å²) in [4.78, 5) is 22.3. The lowest BCUT2D eigenvalue weighted by Crippen LogP contribution is -2.37. The predicted molar refractivity (Wildman–Crippen MR) is 63.0 cm³/mol. The van der Waals surface area contributed by atoms with Crippen LogP contribution in [0.2, 0.25) is 5.02 Å². The first kappa shape index (κ1) is 11.9. The molecule has 90 valence electrons. The van der Waals surface area contributed by atoms with E-state index in [9.17, 15) is 9.59 Å². The van der Waals surface area contributed by atoms with Crippen molar-refractivity contribution in [2.75, 3.05) is 6.54 Å². The highest BCUT2D eigenvalue weighted by Gasteiger charge is 2.51. The SMILES string of the molecule is O=C(O)CNC(=O)C1(c2ccc(Cl)cc2)CC1. The second-order valence-electron chi connectivity index (χ2n) is 4.17. The number of amides is 1. The summed E-state index contributed by atoms with van der Waals surface area (Å²) in [5.74, 6) is -1.26. The number of nitrogens with one attached hydrogen (secondary N) is 1. The zero-order chi connectivity index (χ0) is 12.5. The fraction of sp³-hybridized carbons (Fsp3) is 0.333. The molecule has 0 heterocycles. The van der Waals surface area contributed by atoms with Crippen molar-refractivity contribution in [3.63, 3.8) is 0 Å². The van der Waals surface area contributed by atoms with Crippen molar-refractivity contribution in [2.45, 2.75) is 18.3 Å². The lowest BCUT2D eigenvalue weighted by Gasteiger charge is -2.14. The Kier molecular flexibility index (Phi) is 3.07. The number of hydrogen-bond acceptors (Lipinski definition) is 2. The van der Waals surface area contributed by atoms with Crippen molar-refractivity contribution in [1.29, 1.82) is 0 Å². The number of hydrogen-bond donors (Lipinski definition) is 2. The first-order valence-corrected chi connectivity index (χ1v) is 5.68. The minimum absolute atomic E-state index is 0.220. The third kappa shape index (κ3) is 2.42. The summed E-state index contributed by atoms with van der Waals surface area (Å²) in [6, 6.07) is 7.11. The largest absolute Gasteiger partial charge is 0.480 e. The maximum Gasteiger partial charge on any atom is 0.322 e. The average Bonchev–Trinajstić information content (AvgIpc) is 3.08. The number of carbonyl (C=O) groups is 2. The maximum absolute atomic E-state index is 11.9. The molecule has 0 unspecified atom stereocenters. The van der Waals surface area contributed by atoms with Crippen molar-refractivity contribution < 1.29 is 14.7 Å². The molecule has 5 heteroatoms. The monoisotopic (exact) mass is 253 g/mol. The summed E-state index contributed by atoms with van der Waals surface area (Å²) in [7, 11) is 0. The highest BCUT2D eigenvalue weighted by molar-refractivity contribution is 6.30. The second kappa shape index (κ2) is 4.37. The van der Waals surface area contributed by atoms with Gasteiger partial charge in [-0.3, -0.25) is 9.59 Å². The van der Waals surface area contributed by atoms with Gasteiger partial charge < -0.3 is 10.4 Å². The number of carboxylic acids is 1. The van der Waals surface area contributed by atoms with E-state index in [-0.39, 0.29) is 12.5 Å². The third-order valence-electron chi connectivity index (χ3n) is 2.98. The van der Waals surface area contributed by atoms with Gasteiger partial charge in [0.2, 0.25) is 5.91 Å². The summed E-state index contributed by atoms with van der Waals surface area (Å²) < 4.78 is 0. The number of carboxylic acid groups (broad SMARTS) is 1. The Hall–Kier alpha value is -1.55. The topological polar surface area (TPSA) is 66.4 Å². The van der Waals surface area contributed by atoms with Gasteiger partial charge in [0.15, 0.2) is 0 Å². The minimum Gasteiger partial charge on any atom is -0.480 e. The van der Waals surface area contributed by atoms with E-state index in [0.29, 0.717) is 5.02 Å². The van der Waals surface area contributed by atoms with Crippen LogP contribution in [0, 0.1) is 0 Å². The van der Waals surface area contributed by atoms with Crippen LogP contribution in [0.15, 0.2) is 24.3 Å². The van der Waals surface area contributed by atoms with Gasteiger partial charge in [-0.05, 0) is 30.5 Å². The molecule has 4 nitrogen and oxygen atoms in total. The Labute approximate surface area is 104 Å². The molecule has 2 rings (SSSR count). The van der Waals surface area contributed by atoms with Crippen molar-refractivity contribution >= 4 is 23.5 Å². The zero-order valence-electron chi connectivity index (χ0n) is 9.07. The highest BCUT2D eigenvalue weighted by atomic mass is 35.5. The predicted octanol–water partition coefficient (Wildman–Crippen LogP) is 1.57. The van der Waals surface area contributed by atoms with Crippen LogP contribution in [0.5, 0.6) is 0 Å². The van der Waals surface area contributed by atoms with Crippen LogP contribution in [-0.4, -0.2) is 23.5 Å². The van der Waals surface area contributed by atoms with E-state index in [1.807, 2.05) is 12.1 Å². The molecular weight excluding hydrogens is 242 g/mol. The fourth-order valence-corrected chi connectivity index (χ4v) is 1.99. The van der Waals surface area contributed by atoms with Crippen molar-refractivity contribution in [1.82, 2.24) is 5.32 Å². The highest BCUT2D eigenvalue weighted by Crippen LogP contribution is 2.48. The molecular formula is C12H12ClNO3. The Bertz CT molecular complexity index is 451. The molecule has 0 aromatic heterocycles. The number of rotatable bonds is 4. The minimum atomic E-state index is -1.04. The molecule has 0 radical (unpaired) electrons. The van der Waals surface area contributed by atoms with E-state index in [2.05, 4.69) is 5.32 Å². The molecule has 1 aliphatic carbocycles. The van der Waals surface area contributed by atoms with E-state index < -0.39 is 11.4 Å². The maximum atomic E-state index is 11.9. The molecule has 1 aromatic carbocycles. The molecule has 2 N–H and O–H groups in total. The lowest BCUT2D eigenvalue weighted by molar-refractivity contribution is -0.138. The molecule has 0 saturated heterocycles. The van der Waals surface area contributed by atoms with Crippen LogP contribution in [0.3, 0.4) is 0 Å². The van der Waals surface area contributed by atoms with E-state index in [4.69, 9.17) is 16.7 Å². The van der Waals surface area contributed by atoms with Gasteiger partial charge in [0, 0.05) is 5.02 Å². The Morgan fingerprint density at radius 2 is 1.88 bits per heavy atom. The molecule has 0 bridgehead atoms. The molecule has 1 fully saturated rings. The van der Waals surface area contributed by atoms with Crippen molar-refractivity contribution in [3.8, 4) is 0 Å². The molecule has 17 heavy (non-hydrogen) atoms. The normalized spacial score (nSPS) is 16.3. The molecule has 1 aromatic rings. The van der Waals surface area contributed by atoms with E-state index in [0.717, 1.165) is 18.4 Å². The van der Waals surface area contributed by atoms with Gasteiger partial charge in [-0.2, -0.15) is 0 Å². The standard InChI is InChI=1S/C12H12ClNO3/c13-9-3-1-8(2-4-9)12(5-6-12)11(17)14-7-10(15)16/h1-4H,5-7H2,(H,14,17)(H,15,16). The van der Waals surface area contributed by atoms with Crippen molar-refractivity contribution in [2.24, 2.45) is 0 Å². The van der Waals surface area contributed by atoms with Gasteiger partial charge in [0.25, 0.3) is 0 Å². The molecule has 1 saturated carbocycles. The van der Waals surface area contributed by atoms with Crippen LogP contribution >= 0.6 is 11.6 Å². The Morgan fingerprint density at radius 1 is 1.29 bits per heavy atom. The van der Waals surface area contributed by atoms with Gasteiger partial charge in [0.1, 0.15) is 6.54 Å². The van der Waals surface area contributed by atoms with Gasteiger partial charge in [0.05, 0.1) is 5.41 Å². The van der Waals surface area contributed by atoms with Gasteiger partial charge in [-0.25, -0.2) is 0 Å². The van der Waals surface area contributed by atoms with Gasteiger partial charge in [-0.1, -0.05) is 23.7 Å². The summed E-state index contributed by atoms with van der Waals surface area (Å²) >= 11 is 5.79. The number of halogens is 1. The van der Waals surface area contributed by atoms with Crippen LogP contribution < -0.4 is 5.32 Å². The van der Waals surface area contributed by atoms with Crippen LogP contribution in [-0.2, 0) is 15.0 Å². The molecule has 0 spiro atoms. The van der Waals surface area contributed by atoms with Crippen LogP contribution in [0.4, 0.5) is 0 Å². The lowest BCUT2D eigenvalue weighted by atomic mass is 9.95. The van der Waals surface area contributed by atoms with Crippen molar-refractivity contribution in [3.05, 3.63) is 34.9 Å². The number of benzene rings is 1. The van der Waals surface area contributed by atoms with E-state index in [1.165, 1.54) is 0 Å². The molecule has 0 aliphatic heterocycles. The summed E-state index contributed by atoms with van der Waals surface area (Å²) in [5, 5.41) is 11.6. The zero-order valence-corrected chi connectivity index (χ0v) is 9.83. The molecule has 1 amide bonds. The second-order valence-corrected chi connectivity index (χ2v) is 4.60. The van der Waals surface area contributed by atoms with E-state index in [1.54, 1.807) is 12.1 Å². The van der Waals surface area contributed by atoms with Gasteiger partial charge in [-0.15, -0.1) is 0 Å². The van der Waals surface area contributed by atoms with Crippen LogP contribution in [0.25, 0.3) is 0 Å². The molecule has 0 atom stereocenters. The summed E-state index contributed by atoms with van der Waals surface area (Å²) in [5.41, 5.74) is 0.352.